The maximum Gasteiger partial charge on any atom is 0.257 e. The zero-order valence-electron chi connectivity index (χ0n) is 16.0. The van der Waals surface area contributed by atoms with Gasteiger partial charge in [0.25, 0.3) is 11.8 Å². The van der Waals surface area contributed by atoms with Crippen molar-refractivity contribution in [2.45, 2.75) is 0 Å². The molecular weight excluding hydrogens is 425 g/mol. The van der Waals surface area contributed by atoms with Crippen molar-refractivity contribution in [3.8, 4) is 0 Å². The van der Waals surface area contributed by atoms with Crippen LogP contribution >= 0.6 is 23.2 Å². The minimum Gasteiger partial charge on any atom is -0.472 e. The molecule has 1 aliphatic heterocycles. The smallest absolute Gasteiger partial charge is 0.257 e. The van der Waals surface area contributed by atoms with Crippen molar-refractivity contribution < 1.29 is 14.0 Å². The number of rotatable bonds is 4. The maximum absolute atomic E-state index is 12.4. The first-order valence-electron chi connectivity index (χ1n) is 9.44. The number of benzene rings is 2. The molecular formula is C22H19Cl2N3O3. The van der Waals surface area contributed by atoms with E-state index in [1.165, 1.54) is 18.6 Å². The van der Waals surface area contributed by atoms with E-state index in [4.69, 9.17) is 27.6 Å². The Hall–Kier alpha value is -2.96. The highest BCUT2D eigenvalue weighted by Crippen LogP contribution is 2.24. The van der Waals surface area contributed by atoms with Crippen molar-refractivity contribution in [2.24, 2.45) is 0 Å². The number of carbonyl (C=O) groups is 2. The minimum atomic E-state index is -0.257. The molecule has 0 unspecified atom stereocenters. The van der Waals surface area contributed by atoms with Gasteiger partial charge in [-0.15, -0.1) is 0 Å². The molecule has 154 valence electrons. The van der Waals surface area contributed by atoms with Gasteiger partial charge in [0.1, 0.15) is 6.26 Å². The summed E-state index contributed by atoms with van der Waals surface area (Å²) in [7, 11) is 0. The molecule has 1 aromatic heterocycles. The van der Waals surface area contributed by atoms with E-state index in [1.54, 1.807) is 18.2 Å². The Balaban J connectivity index is 1.34. The Bertz CT molecular complexity index is 1040. The monoisotopic (exact) mass is 443 g/mol. The Labute approximate surface area is 184 Å². The lowest BCUT2D eigenvalue weighted by atomic mass is 10.2. The van der Waals surface area contributed by atoms with Crippen LogP contribution in [0.2, 0.25) is 10.0 Å². The second kappa shape index (κ2) is 8.81. The summed E-state index contributed by atoms with van der Waals surface area (Å²) in [6.07, 6.45) is 2.98. The second-order valence-electron chi connectivity index (χ2n) is 6.92. The second-order valence-corrected chi connectivity index (χ2v) is 7.74. The first-order valence-corrected chi connectivity index (χ1v) is 10.2. The normalized spacial score (nSPS) is 13.9. The molecule has 6 nitrogen and oxygen atoms in total. The lowest BCUT2D eigenvalue weighted by Gasteiger charge is -2.36. The summed E-state index contributed by atoms with van der Waals surface area (Å²) < 4.78 is 4.99. The van der Waals surface area contributed by atoms with E-state index < -0.39 is 0 Å². The van der Waals surface area contributed by atoms with Crippen molar-refractivity contribution in [3.05, 3.63) is 82.2 Å². The number of hydrogen-bond donors (Lipinski definition) is 1. The molecule has 0 atom stereocenters. The van der Waals surface area contributed by atoms with Gasteiger partial charge in [-0.2, -0.15) is 0 Å². The molecule has 0 bridgehead atoms. The van der Waals surface area contributed by atoms with Crippen LogP contribution in [0.3, 0.4) is 0 Å². The van der Waals surface area contributed by atoms with Crippen LogP contribution < -0.4 is 10.2 Å². The third-order valence-electron chi connectivity index (χ3n) is 5.01. The SMILES string of the molecule is O=C(Nc1ccc(N2CCN(C(=O)c3ccoc3)CC2)cc1)c1ccc(Cl)c(Cl)c1. The number of carbonyl (C=O) groups excluding carboxylic acids is 2. The van der Waals surface area contributed by atoms with Crippen LogP contribution in [0.1, 0.15) is 20.7 Å². The van der Waals surface area contributed by atoms with E-state index in [0.29, 0.717) is 39.9 Å². The van der Waals surface area contributed by atoms with Gasteiger partial charge in [-0.05, 0) is 48.5 Å². The molecule has 1 fully saturated rings. The van der Waals surface area contributed by atoms with Crippen molar-refractivity contribution in [2.75, 3.05) is 36.4 Å². The van der Waals surface area contributed by atoms with Crippen LogP contribution in [0.15, 0.2) is 65.5 Å². The third kappa shape index (κ3) is 4.45. The molecule has 1 N–H and O–H groups in total. The van der Waals surface area contributed by atoms with E-state index in [2.05, 4.69) is 10.2 Å². The van der Waals surface area contributed by atoms with Crippen LogP contribution in [-0.2, 0) is 0 Å². The lowest BCUT2D eigenvalue weighted by Crippen LogP contribution is -2.48. The lowest BCUT2D eigenvalue weighted by molar-refractivity contribution is 0.0746. The molecule has 2 heterocycles. The first kappa shape index (κ1) is 20.3. The standard InChI is InChI=1S/C22H19Cl2N3O3/c23-19-6-1-15(13-20(19)24)21(28)25-17-2-4-18(5-3-17)26-8-10-27(11-9-26)22(29)16-7-12-30-14-16/h1-7,12-14H,8-11H2,(H,25,28). The van der Waals surface area contributed by atoms with Crippen molar-refractivity contribution in [1.82, 2.24) is 4.90 Å². The van der Waals surface area contributed by atoms with Gasteiger partial charge in [-0.3, -0.25) is 9.59 Å². The summed E-state index contributed by atoms with van der Waals surface area (Å²) in [5.41, 5.74) is 2.74. The van der Waals surface area contributed by atoms with Crippen molar-refractivity contribution in [1.29, 1.82) is 0 Å². The van der Waals surface area contributed by atoms with E-state index in [9.17, 15) is 9.59 Å². The first-order chi connectivity index (χ1) is 14.5. The largest absolute Gasteiger partial charge is 0.472 e. The highest BCUT2D eigenvalue weighted by molar-refractivity contribution is 6.42. The van der Waals surface area contributed by atoms with E-state index >= 15 is 0 Å². The molecule has 2 aromatic carbocycles. The average molecular weight is 444 g/mol. The van der Waals surface area contributed by atoms with Crippen LogP contribution in [0.25, 0.3) is 0 Å². The van der Waals surface area contributed by atoms with Crippen molar-refractivity contribution >= 4 is 46.4 Å². The van der Waals surface area contributed by atoms with Crippen molar-refractivity contribution in [3.63, 3.8) is 0 Å². The summed E-state index contributed by atoms with van der Waals surface area (Å²) in [6, 6.07) is 14.1. The number of anilines is 2. The summed E-state index contributed by atoms with van der Waals surface area (Å²) in [5.74, 6) is -0.267. The van der Waals surface area contributed by atoms with Crippen LogP contribution in [0.4, 0.5) is 11.4 Å². The van der Waals surface area contributed by atoms with Crippen LogP contribution in [0.5, 0.6) is 0 Å². The molecule has 3 aromatic rings. The van der Waals surface area contributed by atoms with Gasteiger partial charge < -0.3 is 19.5 Å². The molecule has 4 rings (SSSR count). The maximum atomic E-state index is 12.4. The van der Waals surface area contributed by atoms with Gasteiger partial charge in [0, 0.05) is 43.1 Å². The predicted octanol–water partition coefficient (Wildman–Crippen LogP) is 4.80. The van der Waals surface area contributed by atoms with Gasteiger partial charge in [0.05, 0.1) is 21.9 Å². The van der Waals surface area contributed by atoms with Gasteiger partial charge in [-0.25, -0.2) is 0 Å². The van der Waals surface area contributed by atoms with E-state index in [0.717, 1.165) is 18.8 Å². The Kier molecular flexibility index (Phi) is 5.97. The third-order valence-corrected chi connectivity index (χ3v) is 5.75. The summed E-state index contributed by atoms with van der Waals surface area (Å²) in [5, 5.41) is 3.60. The average Bonchev–Trinajstić information content (AvgIpc) is 3.31. The van der Waals surface area contributed by atoms with Gasteiger partial charge in [0.15, 0.2) is 0 Å². The molecule has 30 heavy (non-hydrogen) atoms. The number of hydrogen-bond acceptors (Lipinski definition) is 4. The molecule has 0 aliphatic carbocycles. The highest BCUT2D eigenvalue weighted by Gasteiger charge is 2.23. The fraction of sp³-hybridized carbons (Fsp3) is 0.182. The van der Waals surface area contributed by atoms with Crippen LogP contribution in [-0.4, -0.2) is 42.9 Å². The number of furan rings is 1. The molecule has 0 spiro atoms. The minimum absolute atomic E-state index is 0.0104. The number of halogens is 2. The zero-order chi connectivity index (χ0) is 21.1. The van der Waals surface area contributed by atoms with Gasteiger partial charge >= 0.3 is 0 Å². The van der Waals surface area contributed by atoms with Crippen LogP contribution in [0, 0.1) is 0 Å². The Morgan fingerprint density at radius 2 is 1.60 bits per heavy atom. The highest BCUT2D eigenvalue weighted by atomic mass is 35.5. The molecule has 0 saturated carbocycles. The fourth-order valence-electron chi connectivity index (χ4n) is 3.33. The van der Waals surface area contributed by atoms with E-state index in [-0.39, 0.29) is 11.8 Å². The molecule has 0 radical (unpaired) electrons. The van der Waals surface area contributed by atoms with Gasteiger partial charge in [-0.1, -0.05) is 23.2 Å². The Morgan fingerprint density at radius 3 is 2.23 bits per heavy atom. The topological polar surface area (TPSA) is 65.8 Å². The number of amides is 2. The number of piperazine rings is 1. The molecule has 1 saturated heterocycles. The fourth-order valence-corrected chi connectivity index (χ4v) is 3.63. The summed E-state index contributed by atoms with van der Waals surface area (Å²) >= 11 is 11.9. The summed E-state index contributed by atoms with van der Waals surface area (Å²) in [6.45, 7) is 2.75. The Morgan fingerprint density at radius 1 is 0.867 bits per heavy atom. The quantitative estimate of drug-likeness (QED) is 0.628. The predicted molar refractivity (Wildman–Crippen MR) is 118 cm³/mol. The number of nitrogens with zero attached hydrogens (tertiary/aromatic N) is 2. The molecule has 8 heteroatoms. The summed E-state index contributed by atoms with van der Waals surface area (Å²) in [4.78, 5) is 28.8. The van der Waals surface area contributed by atoms with Gasteiger partial charge in [0.2, 0.25) is 0 Å². The number of nitrogens with one attached hydrogen (secondary N) is 1. The molecule has 2 amide bonds. The molecule has 1 aliphatic rings. The zero-order valence-corrected chi connectivity index (χ0v) is 17.5. The van der Waals surface area contributed by atoms with E-state index in [1.807, 2.05) is 29.2 Å².